The van der Waals surface area contributed by atoms with Crippen molar-refractivity contribution >= 4 is 5.97 Å². The molecule has 3 rings (SSSR count). The van der Waals surface area contributed by atoms with E-state index in [1.807, 2.05) is 19.2 Å². The molecular formula is C13H15N5O2. The number of hydrogen-bond donors (Lipinski definition) is 1. The van der Waals surface area contributed by atoms with E-state index in [1.54, 1.807) is 4.68 Å². The molecule has 20 heavy (non-hydrogen) atoms. The van der Waals surface area contributed by atoms with Gasteiger partial charge in [-0.15, -0.1) is 5.10 Å². The molecule has 7 nitrogen and oxygen atoms in total. The van der Waals surface area contributed by atoms with Gasteiger partial charge in [-0.1, -0.05) is 11.3 Å². The Hall–Kier alpha value is -2.28. The van der Waals surface area contributed by atoms with Crippen LogP contribution in [0, 0.1) is 6.92 Å². The SMILES string of the molecule is Cc1ccc(CN2CC(n3cc(C(=O)O)nn3)C2)cn1. The number of carbonyl (C=O) groups is 1. The third-order valence-corrected chi connectivity index (χ3v) is 3.42. The van der Waals surface area contributed by atoms with Gasteiger partial charge in [0.2, 0.25) is 0 Å². The molecule has 104 valence electrons. The minimum atomic E-state index is -1.04. The summed E-state index contributed by atoms with van der Waals surface area (Å²) in [5.74, 6) is -1.04. The first kappa shape index (κ1) is 12.7. The highest BCUT2D eigenvalue weighted by atomic mass is 16.4. The summed E-state index contributed by atoms with van der Waals surface area (Å²) in [6.45, 7) is 4.51. The Morgan fingerprint density at radius 2 is 2.25 bits per heavy atom. The zero-order valence-electron chi connectivity index (χ0n) is 11.1. The van der Waals surface area contributed by atoms with Crippen LogP contribution in [0.3, 0.4) is 0 Å². The van der Waals surface area contributed by atoms with Crippen LogP contribution in [-0.4, -0.2) is 49.0 Å². The van der Waals surface area contributed by atoms with E-state index in [0.29, 0.717) is 0 Å². The fourth-order valence-electron chi connectivity index (χ4n) is 2.24. The molecule has 1 aliphatic rings. The molecule has 7 heteroatoms. The molecule has 0 unspecified atom stereocenters. The van der Waals surface area contributed by atoms with Gasteiger partial charge in [-0.05, 0) is 18.6 Å². The molecule has 2 aromatic heterocycles. The number of hydrogen-bond acceptors (Lipinski definition) is 5. The van der Waals surface area contributed by atoms with E-state index in [0.717, 1.165) is 25.3 Å². The van der Waals surface area contributed by atoms with Crippen LogP contribution in [-0.2, 0) is 6.54 Å². The number of carboxylic acids is 1. The second-order valence-corrected chi connectivity index (χ2v) is 5.04. The first-order chi connectivity index (χ1) is 9.61. The average molecular weight is 273 g/mol. The number of nitrogens with zero attached hydrogens (tertiary/aromatic N) is 5. The molecule has 0 atom stereocenters. The Kier molecular flexibility index (Phi) is 3.19. The Bertz CT molecular complexity index is 616. The molecule has 1 N–H and O–H groups in total. The van der Waals surface area contributed by atoms with Gasteiger partial charge in [0, 0.05) is 31.5 Å². The molecule has 1 saturated heterocycles. The van der Waals surface area contributed by atoms with Crippen LogP contribution in [0.25, 0.3) is 0 Å². The van der Waals surface area contributed by atoms with E-state index in [1.165, 1.54) is 11.8 Å². The van der Waals surface area contributed by atoms with Gasteiger partial charge in [0.05, 0.1) is 12.2 Å². The van der Waals surface area contributed by atoms with Crippen LogP contribution in [0.15, 0.2) is 24.5 Å². The fraction of sp³-hybridized carbons (Fsp3) is 0.385. The van der Waals surface area contributed by atoms with E-state index in [9.17, 15) is 4.79 Å². The number of aromatic nitrogens is 4. The molecular weight excluding hydrogens is 258 g/mol. The number of likely N-dealkylation sites (tertiary alicyclic amines) is 1. The van der Waals surface area contributed by atoms with Crippen molar-refractivity contribution in [2.24, 2.45) is 0 Å². The van der Waals surface area contributed by atoms with Crippen molar-refractivity contribution in [3.63, 3.8) is 0 Å². The number of aromatic carboxylic acids is 1. The molecule has 0 aromatic carbocycles. The highest BCUT2D eigenvalue weighted by molar-refractivity contribution is 5.84. The van der Waals surface area contributed by atoms with Crippen LogP contribution in [0.2, 0.25) is 0 Å². The average Bonchev–Trinajstić information content (AvgIpc) is 2.85. The predicted molar refractivity (Wildman–Crippen MR) is 70.3 cm³/mol. The van der Waals surface area contributed by atoms with Crippen molar-refractivity contribution in [1.82, 2.24) is 24.9 Å². The third-order valence-electron chi connectivity index (χ3n) is 3.42. The van der Waals surface area contributed by atoms with Crippen molar-refractivity contribution in [3.05, 3.63) is 41.5 Å². The lowest BCUT2D eigenvalue weighted by Gasteiger charge is -2.38. The zero-order chi connectivity index (χ0) is 14.1. The summed E-state index contributed by atoms with van der Waals surface area (Å²) >= 11 is 0. The summed E-state index contributed by atoms with van der Waals surface area (Å²) < 4.78 is 1.63. The van der Waals surface area contributed by atoms with Gasteiger partial charge in [-0.2, -0.15) is 0 Å². The highest BCUT2D eigenvalue weighted by Gasteiger charge is 2.29. The van der Waals surface area contributed by atoms with E-state index in [4.69, 9.17) is 5.11 Å². The number of carboxylic acid groups (broad SMARTS) is 1. The molecule has 0 aliphatic carbocycles. The van der Waals surface area contributed by atoms with Crippen LogP contribution in [0.1, 0.15) is 27.8 Å². The first-order valence-corrected chi connectivity index (χ1v) is 6.41. The number of rotatable bonds is 4. The predicted octanol–water partition coefficient (Wildman–Crippen LogP) is 0.737. The highest BCUT2D eigenvalue weighted by Crippen LogP contribution is 2.22. The largest absolute Gasteiger partial charge is 0.476 e. The van der Waals surface area contributed by atoms with Gasteiger partial charge < -0.3 is 5.11 Å². The number of pyridine rings is 1. The maximum Gasteiger partial charge on any atom is 0.358 e. The lowest BCUT2D eigenvalue weighted by molar-refractivity contribution is 0.0690. The van der Waals surface area contributed by atoms with Crippen molar-refractivity contribution in [2.75, 3.05) is 13.1 Å². The first-order valence-electron chi connectivity index (χ1n) is 6.41. The smallest absolute Gasteiger partial charge is 0.358 e. The summed E-state index contributed by atoms with van der Waals surface area (Å²) in [5.41, 5.74) is 2.18. The van der Waals surface area contributed by atoms with Crippen LogP contribution < -0.4 is 0 Å². The maximum atomic E-state index is 10.7. The lowest BCUT2D eigenvalue weighted by atomic mass is 10.1. The third kappa shape index (κ3) is 2.53. The Morgan fingerprint density at radius 3 is 2.85 bits per heavy atom. The van der Waals surface area contributed by atoms with Crippen LogP contribution in [0.4, 0.5) is 0 Å². The van der Waals surface area contributed by atoms with Crippen molar-refractivity contribution in [2.45, 2.75) is 19.5 Å². The minimum absolute atomic E-state index is 0.00816. The van der Waals surface area contributed by atoms with Gasteiger partial charge in [0.1, 0.15) is 0 Å². The van der Waals surface area contributed by atoms with Gasteiger partial charge in [0.15, 0.2) is 5.69 Å². The molecule has 2 aromatic rings. The summed E-state index contributed by atoms with van der Waals surface area (Å²) in [6.07, 6.45) is 3.37. The maximum absolute atomic E-state index is 10.7. The number of aryl methyl sites for hydroxylation is 1. The molecule has 0 bridgehead atoms. The van der Waals surface area contributed by atoms with E-state index in [2.05, 4.69) is 26.3 Å². The molecule has 0 saturated carbocycles. The molecule has 0 spiro atoms. The molecule has 3 heterocycles. The molecule has 0 radical (unpaired) electrons. The second kappa shape index (κ2) is 5.01. The molecule has 1 fully saturated rings. The van der Waals surface area contributed by atoms with Gasteiger partial charge >= 0.3 is 5.97 Å². The summed E-state index contributed by atoms with van der Waals surface area (Å²) in [7, 11) is 0. The van der Waals surface area contributed by atoms with Crippen LogP contribution >= 0.6 is 0 Å². The van der Waals surface area contributed by atoms with Crippen molar-refractivity contribution < 1.29 is 9.90 Å². The Balaban J connectivity index is 1.55. The fourth-order valence-corrected chi connectivity index (χ4v) is 2.24. The Morgan fingerprint density at radius 1 is 1.45 bits per heavy atom. The summed E-state index contributed by atoms with van der Waals surface area (Å²) in [6, 6.07) is 4.28. The van der Waals surface area contributed by atoms with Gasteiger partial charge in [0.25, 0.3) is 0 Å². The quantitative estimate of drug-likeness (QED) is 0.884. The Labute approximate surface area is 115 Å². The van der Waals surface area contributed by atoms with E-state index < -0.39 is 5.97 Å². The lowest BCUT2D eigenvalue weighted by Crippen LogP contribution is -2.47. The normalized spacial score (nSPS) is 16.1. The zero-order valence-corrected chi connectivity index (χ0v) is 11.1. The monoisotopic (exact) mass is 273 g/mol. The second-order valence-electron chi connectivity index (χ2n) is 5.04. The van der Waals surface area contributed by atoms with Gasteiger partial charge in [-0.25, -0.2) is 9.48 Å². The minimum Gasteiger partial charge on any atom is -0.476 e. The topological polar surface area (TPSA) is 84.1 Å². The van der Waals surface area contributed by atoms with Crippen molar-refractivity contribution in [1.29, 1.82) is 0 Å². The van der Waals surface area contributed by atoms with E-state index >= 15 is 0 Å². The molecule has 1 aliphatic heterocycles. The molecule has 0 amide bonds. The standard InChI is InChI=1S/C13H15N5O2/c1-9-2-3-10(4-14-9)5-17-6-11(7-17)18-8-12(13(19)20)15-16-18/h2-4,8,11H,5-7H2,1H3,(H,19,20). The van der Waals surface area contributed by atoms with Crippen molar-refractivity contribution in [3.8, 4) is 0 Å². The van der Waals surface area contributed by atoms with Gasteiger partial charge in [-0.3, -0.25) is 9.88 Å². The van der Waals surface area contributed by atoms with E-state index in [-0.39, 0.29) is 11.7 Å². The summed E-state index contributed by atoms with van der Waals surface area (Å²) in [5, 5.41) is 16.3. The van der Waals surface area contributed by atoms with Crippen LogP contribution in [0.5, 0.6) is 0 Å². The summed E-state index contributed by atoms with van der Waals surface area (Å²) in [4.78, 5) is 17.3.